The molecule has 0 saturated heterocycles. The number of ether oxygens (including phenoxy) is 1. The Balaban J connectivity index is 2.75. The Bertz CT molecular complexity index is 290. The largest absolute Gasteiger partial charge is 0.467 e. The molecule has 78 valence electrons. The maximum atomic E-state index is 11.4. The number of carbonyl (C=O) groups excluding carboxylic acids is 2. The fourth-order valence-electron chi connectivity index (χ4n) is 1.54. The van der Waals surface area contributed by atoms with Crippen LogP contribution in [0.1, 0.15) is 13.3 Å². The third-order valence-electron chi connectivity index (χ3n) is 2.31. The average Bonchev–Trinajstić information content (AvgIpc) is 2.78. The van der Waals surface area contributed by atoms with Crippen LogP contribution in [0.5, 0.6) is 0 Å². The van der Waals surface area contributed by atoms with Gasteiger partial charge in [-0.25, -0.2) is 4.79 Å². The van der Waals surface area contributed by atoms with Crippen molar-refractivity contribution in [3.8, 4) is 0 Å². The molecule has 1 saturated carbocycles. The fourth-order valence-corrected chi connectivity index (χ4v) is 2.02. The van der Waals surface area contributed by atoms with Crippen molar-refractivity contribution in [1.82, 2.24) is 5.32 Å². The quantitative estimate of drug-likeness (QED) is 0.283. The molecule has 0 heterocycles. The maximum Gasteiger partial charge on any atom is 0.332 e. The van der Waals surface area contributed by atoms with Gasteiger partial charge in [-0.2, -0.15) is 0 Å². The van der Waals surface area contributed by atoms with Crippen molar-refractivity contribution >= 4 is 32.5 Å². The summed E-state index contributed by atoms with van der Waals surface area (Å²) >= 11 is 1.61. The highest BCUT2D eigenvalue weighted by molar-refractivity contribution is 14.1. The van der Waals surface area contributed by atoms with E-state index in [1.54, 1.807) is 22.6 Å². The molecule has 0 aromatic rings. The van der Waals surface area contributed by atoms with Crippen molar-refractivity contribution < 1.29 is 14.3 Å². The number of allylic oxidation sites excluding steroid dienone is 1. The van der Waals surface area contributed by atoms with E-state index >= 15 is 0 Å². The molecule has 0 aromatic heterocycles. The van der Waals surface area contributed by atoms with E-state index in [-0.39, 0.29) is 15.8 Å². The first-order valence-corrected chi connectivity index (χ1v) is 5.33. The van der Waals surface area contributed by atoms with Gasteiger partial charge in [0.1, 0.15) is 5.54 Å². The number of esters is 1. The van der Waals surface area contributed by atoms with Crippen molar-refractivity contribution in [1.29, 1.82) is 0 Å². The minimum Gasteiger partial charge on any atom is -0.467 e. The van der Waals surface area contributed by atoms with E-state index in [9.17, 15) is 9.59 Å². The Kier molecular flexibility index (Phi) is 3.52. The summed E-state index contributed by atoms with van der Waals surface area (Å²) in [6, 6.07) is 0. The Morgan fingerprint density at radius 2 is 2.29 bits per heavy atom. The molecule has 0 bridgehead atoms. The second-order valence-electron chi connectivity index (χ2n) is 3.20. The molecule has 1 N–H and O–H groups in total. The molecule has 1 aliphatic carbocycles. The van der Waals surface area contributed by atoms with Crippen molar-refractivity contribution in [2.75, 3.05) is 7.11 Å². The van der Waals surface area contributed by atoms with Gasteiger partial charge in [-0.1, -0.05) is 12.2 Å². The molecule has 5 heteroatoms. The van der Waals surface area contributed by atoms with Crippen LogP contribution < -0.4 is 5.32 Å². The van der Waals surface area contributed by atoms with Gasteiger partial charge < -0.3 is 10.1 Å². The van der Waals surface area contributed by atoms with E-state index in [0.717, 1.165) is 0 Å². The van der Waals surface area contributed by atoms with Crippen molar-refractivity contribution in [3.05, 3.63) is 12.2 Å². The number of hydrogen-bond donors (Lipinski definition) is 1. The van der Waals surface area contributed by atoms with E-state index in [0.29, 0.717) is 6.42 Å². The number of hydrogen-bond acceptors (Lipinski definition) is 3. The number of nitrogens with one attached hydrogen (secondary N) is 1. The van der Waals surface area contributed by atoms with E-state index in [4.69, 9.17) is 0 Å². The minimum absolute atomic E-state index is 0.0682. The Morgan fingerprint density at radius 1 is 1.64 bits per heavy atom. The number of carbonyl (C=O) groups is 2. The molecule has 1 fully saturated rings. The van der Waals surface area contributed by atoms with Crippen LogP contribution in [0.15, 0.2) is 12.2 Å². The molecule has 2 atom stereocenters. The zero-order valence-electron chi connectivity index (χ0n) is 8.04. The van der Waals surface area contributed by atoms with Crippen LogP contribution in [0.4, 0.5) is 4.79 Å². The zero-order valence-corrected chi connectivity index (χ0v) is 10.2. The monoisotopic (exact) mass is 309 g/mol. The van der Waals surface area contributed by atoms with Crippen molar-refractivity contribution in [3.63, 3.8) is 0 Å². The molecule has 1 aliphatic rings. The van der Waals surface area contributed by atoms with Gasteiger partial charge in [0, 0.05) is 28.5 Å². The highest BCUT2D eigenvalue weighted by Crippen LogP contribution is 2.45. The molecule has 1 unspecified atom stereocenters. The van der Waals surface area contributed by atoms with Gasteiger partial charge >= 0.3 is 5.97 Å². The first-order chi connectivity index (χ1) is 6.56. The summed E-state index contributed by atoms with van der Waals surface area (Å²) in [5.74, 6) is -0.302. The van der Waals surface area contributed by atoms with Gasteiger partial charge in [0.2, 0.25) is 0 Å². The Labute approximate surface area is 96.2 Å². The standard InChI is InChI=1S/C9H12INO3/c1-3-4-6-5-9(6,7(12)14-2)11-8(10)13/h3-4,6H,5H2,1-2H3,(H,11,13)/b4-3-/t6?,9-/m1/s1. The SMILES string of the molecule is C/C=C\C1C[C@]1(NC(=O)I)C(=O)OC. The number of amides is 1. The minimum atomic E-state index is -0.806. The molecule has 1 amide bonds. The summed E-state index contributed by atoms with van der Waals surface area (Å²) in [6.45, 7) is 1.88. The lowest BCUT2D eigenvalue weighted by Crippen LogP contribution is -2.43. The van der Waals surface area contributed by atoms with E-state index in [1.165, 1.54) is 7.11 Å². The molecule has 1 rings (SSSR count). The average molecular weight is 309 g/mol. The highest BCUT2D eigenvalue weighted by Gasteiger charge is 2.60. The lowest BCUT2D eigenvalue weighted by atomic mass is 10.2. The second kappa shape index (κ2) is 4.29. The van der Waals surface area contributed by atoms with Gasteiger partial charge in [0.25, 0.3) is 3.91 Å². The van der Waals surface area contributed by atoms with Gasteiger partial charge in [-0.3, -0.25) is 4.79 Å². The van der Waals surface area contributed by atoms with Crippen LogP contribution in [0.3, 0.4) is 0 Å². The van der Waals surface area contributed by atoms with Gasteiger partial charge in [-0.15, -0.1) is 0 Å². The maximum absolute atomic E-state index is 11.4. The van der Waals surface area contributed by atoms with E-state index in [1.807, 2.05) is 19.1 Å². The molecule has 14 heavy (non-hydrogen) atoms. The van der Waals surface area contributed by atoms with Crippen LogP contribution in [-0.2, 0) is 9.53 Å². The molecular formula is C9H12INO3. The molecule has 0 aromatic carbocycles. The molecule has 0 radical (unpaired) electrons. The molecular weight excluding hydrogens is 297 g/mol. The topological polar surface area (TPSA) is 55.4 Å². The molecule has 0 spiro atoms. The summed E-state index contributed by atoms with van der Waals surface area (Å²) in [7, 11) is 1.33. The third-order valence-corrected chi connectivity index (χ3v) is 2.58. The first kappa shape index (κ1) is 11.5. The van der Waals surface area contributed by atoms with Crippen LogP contribution in [0, 0.1) is 5.92 Å². The summed E-state index contributed by atoms with van der Waals surface area (Å²) in [5, 5.41) is 2.64. The Morgan fingerprint density at radius 3 is 2.71 bits per heavy atom. The third kappa shape index (κ3) is 2.08. The molecule has 0 aliphatic heterocycles. The predicted octanol–water partition coefficient (Wildman–Crippen LogP) is 1.64. The van der Waals surface area contributed by atoms with E-state index in [2.05, 4.69) is 10.1 Å². The zero-order chi connectivity index (χ0) is 10.8. The van der Waals surface area contributed by atoms with Crippen LogP contribution >= 0.6 is 22.6 Å². The summed E-state index contributed by atoms with van der Waals surface area (Å²) in [6.07, 6.45) is 4.40. The normalized spacial score (nSPS) is 30.1. The van der Waals surface area contributed by atoms with Crippen LogP contribution in [-0.4, -0.2) is 22.5 Å². The number of methoxy groups -OCH3 is 1. The predicted molar refractivity (Wildman–Crippen MR) is 60.2 cm³/mol. The lowest BCUT2D eigenvalue weighted by molar-refractivity contribution is -0.144. The van der Waals surface area contributed by atoms with Crippen LogP contribution in [0.2, 0.25) is 0 Å². The summed E-state index contributed by atoms with van der Waals surface area (Å²) in [4.78, 5) is 22.4. The lowest BCUT2D eigenvalue weighted by Gasteiger charge is -2.13. The second-order valence-corrected chi connectivity index (χ2v) is 4.18. The van der Waals surface area contributed by atoms with Gasteiger partial charge in [-0.05, 0) is 13.3 Å². The number of halogens is 1. The summed E-state index contributed by atoms with van der Waals surface area (Å²) in [5.41, 5.74) is -0.806. The first-order valence-electron chi connectivity index (χ1n) is 4.25. The Hall–Kier alpha value is -0.590. The van der Waals surface area contributed by atoms with Gasteiger partial charge in [0.15, 0.2) is 0 Å². The van der Waals surface area contributed by atoms with Crippen LogP contribution in [0.25, 0.3) is 0 Å². The number of rotatable bonds is 3. The van der Waals surface area contributed by atoms with Gasteiger partial charge in [0.05, 0.1) is 7.11 Å². The smallest absolute Gasteiger partial charge is 0.332 e. The summed E-state index contributed by atoms with van der Waals surface area (Å²) < 4.78 is 4.43. The van der Waals surface area contributed by atoms with Crippen molar-refractivity contribution in [2.24, 2.45) is 5.92 Å². The van der Waals surface area contributed by atoms with E-state index < -0.39 is 5.54 Å². The highest BCUT2D eigenvalue weighted by atomic mass is 127. The molecule has 4 nitrogen and oxygen atoms in total. The van der Waals surface area contributed by atoms with Crippen molar-refractivity contribution in [2.45, 2.75) is 18.9 Å². The fraction of sp³-hybridized carbons (Fsp3) is 0.556.